The highest BCUT2D eigenvalue weighted by molar-refractivity contribution is 5.77. The molecular weight excluding hydrogens is 268 g/mol. The summed E-state index contributed by atoms with van der Waals surface area (Å²) in [7, 11) is 0. The molecule has 2 aromatic rings. The Hall–Kier alpha value is -1.92. The predicted octanol–water partition coefficient (Wildman–Crippen LogP) is 0.334. The molecule has 0 aliphatic carbocycles. The molecule has 3 rings (SSSR count). The van der Waals surface area contributed by atoms with Crippen LogP contribution in [0, 0.1) is 0 Å². The van der Waals surface area contributed by atoms with Crippen molar-refractivity contribution in [3.63, 3.8) is 0 Å². The number of benzene rings is 1. The molecular formula is C15H20N4O2. The highest BCUT2D eigenvalue weighted by Crippen LogP contribution is 2.11. The summed E-state index contributed by atoms with van der Waals surface area (Å²) < 4.78 is 0. The quantitative estimate of drug-likeness (QED) is 0.653. The molecule has 1 saturated heterocycles. The average Bonchev–Trinajstić information content (AvgIpc) is 2.90. The Balaban J connectivity index is 1.53. The minimum atomic E-state index is -0.457. The van der Waals surface area contributed by atoms with Crippen LogP contribution in [0.25, 0.3) is 11.0 Å². The maximum absolute atomic E-state index is 12.0. The number of nitrogens with zero attached hydrogens (tertiary/aromatic N) is 1. The van der Waals surface area contributed by atoms with Crippen LogP contribution in [0.5, 0.6) is 0 Å². The fraction of sp³-hybridized carbons (Fsp3) is 0.467. The van der Waals surface area contributed by atoms with E-state index in [0.717, 1.165) is 23.4 Å². The number of aromatic nitrogens is 2. The number of H-pyrrole nitrogens is 1. The van der Waals surface area contributed by atoms with Crippen molar-refractivity contribution in [1.29, 1.82) is 0 Å². The monoisotopic (exact) mass is 288 g/mol. The largest absolute Gasteiger partial charge is 0.391 e. The van der Waals surface area contributed by atoms with E-state index in [1.807, 2.05) is 24.3 Å². The minimum Gasteiger partial charge on any atom is -0.391 e. The molecule has 0 radical (unpaired) electrons. The maximum Gasteiger partial charge on any atom is 0.220 e. The second kappa shape index (κ2) is 6.24. The van der Waals surface area contributed by atoms with Gasteiger partial charge in [0.15, 0.2) is 0 Å². The topological polar surface area (TPSA) is 90.0 Å². The molecule has 1 aromatic heterocycles. The molecule has 112 valence electrons. The van der Waals surface area contributed by atoms with Crippen LogP contribution in [0.3, 0.4) is 0 Å². The second-order valence-electron chi connectivity index (χ2n) is 5.43. The predicted molar refractivity (Wildman–Crippen MR) is 79.8 cm³/mol. The zero-order valence-corrected chi connectivity index (χ0v) is 11.8. The number of piperidine rings is 1. The summed E-state index contributed by atoms with van der Waals surface area (Å²) in [5, 5.41) is 15.9. The summed E-state index contributed by atoms with van der Waals surface area (Å²) in [4.78, 5) is 19.6. The number of aromatic amines is 1. The zero-order chi connectivity index (χ0) is 14.7. The van der Waals surface area contributed by atoms with Crippen LogP contribution < -0.4 is 10.6 Å². The normalized spacial score (nSPS) is 22.3. The lowest BCUT2D eigenvalue weighted by Gasteiger charge is -2.29. The number of carbonyl (C=O) groups is 1. The number of imidazole rings is 1. The molecule has 1 aliphatic rings. The molecule has 2 heterocycles. The number of aliphatic hydroxyl groups excluding tert-OH is 1. The van der Waals surface area contributed by atoms with Gasteiger partial charge >= 0.3 is 0 Å². The number of hydrogen-bond acceptors (Lipinski definition) is 4. The fourth-order valence-electron chi connectivity index (χ4n) is 2.63. The van der Waals surface area contributed by atoms with Crippen molar-refractivity contribution in [2.75, 3.05) is 13.1 Å². The first-order chi connectivity index (χ1) is 10.2. The number of hydrogen-bond donors (Lipinski definition) is 4. The van der Waals surface area contributed by atoms with Gasteiger partial charge in [-0.2, -0.15) is 0 Å². The van der Waals surface area contributed by atoms with E-state index in [9.17, 15) is 9.90 Å². The number of para-hydroxylation sites is 2. The van der Waals surface area contributed by atoms with Crippen molar-refractivity contribution in [2.45, 2.75) is 31.4 Å². The summed E-state index contributed by atoms with van der Waals surface area (Å²) in [6.45, 7) is 1.42. The van der Waals surface area contributed by atoms with Gasteiger partial charge in [-0.1, -0.05) is 12.1 Å². The molecule has 0 spiro atoms. The molecule has 1 aromatic carbocycles. The number of nitrogens with one attached hydrogen (secondary N) is 3. The average molecular weight is 288 g/mol. The van der Waals surface area contributed by atoms with Crippen molar-refractivity contribution in [3.05, 3.63) is 30.1 Å². The Bertz CT molecular complexity index is 592. The first kappa shape index (κ1) is 14.0. The van der Waals surface area contributed by atoms with Gasteiger partial charge in [0.1, 0.15) is 5.82 Å². The number of amides is 1. The third kappa shape index (κ3) is 3.40. The van der Waals surface area contributed by atoms with E-state index in [-0.39, 0.29) is 11.9 Å². The second-order valence-corrected chi connectivity index (χ2v) is 5.43. The standard InChI is InChI=1S/C15H20N4O2/c20-13-7-8-16-9-12(13)19-15(21)6-5-14-17-10-3-1-2-4-11(10)18-14/h1-4,12-13,16,20H,5-9H2,(H,17,18)(H,19,21)/t12-,13+/m0/s1. The number of aryl methyl sites for hydroxylation is 1. The van der Waals surface area contributed by atoms with E-state index in [1.165, 1.54) is 0 Å². The summed E-state index contributed by atoms with van der Waals surface area (Å²) in [6, 6.07) is 7.61. The smallest absolute Gasteiger partial charge is 0.220 e. The van der Waals surface area contributed by atoms with E-state index < -0.39 is 6.10 Å². The van der Waals surface area contributed by atoms with Crippen LogP contribution in [0.1, 0.15) is 18.7 Å². The van der Waals surface area contributed by atoms with Crippen molar-refractivity contribution in [3.8, 4) is 0 Å². The summed E-state index contributed by atoms with van der Waals surface area (Å²) in [5.41, 5.74) is 1.90. The van der Waals surface area contributed by atoms with Crippen molar-refractivity contribution < 1.29 is 9.90 Å². The lowest BCUT2D eigenvalue weighted by molar-refractivity contribution is -0.122. The van der Waals surface area contributed by atoms with Gasteiger partial charge < -0.3 is 20.7 Å². The van der Waals surface area contributed by atoms with Gasteiger partial charge in [-0.25, -0.2) is 4.98 Å². The Morgan fingerprint density at radius 2 is 2.29 bits per heavy atom. The first-order valence-corrected chi connectivity index (χ1v) is 7.34. The summed E-state index contributed by atoms with van der Waals surface area (Å²) >= 11 is 0. The van der Waals surface area contributed by atoms with Crippen LogP contribution in [-0.2, 0) is 11.2 Å². The van der Waals surface area contributed by atoms with Gasteiger partial charge in [0.25, 0.3) is 0 Å². The van der Waals surface area contributed by atoms with E-state index >= 15 is 0 Å². The molecule has 6 nitrogen and oxygen atoms in total. The number of rotatable bonds is 4. The van der Waals surface area contributed by atoms with Crippen LogP contribution in [0.15, 0.2) is 24.3 Å². The third-order valence-electron chi connectivity index (χ3n) is 3.82. The Morgan fingerprint density at radius 1 is 1.43 bits per heavy atom. The van der Waals surface area contributed by atoms with Crippen LogP contribution >= 0.6 is 0 Å². The van der Waals surface area contributed by atoms with Gasteiger partial charge in [-0.3, -0.25) is 4.79 Å². The highest BCUT2D eigenvalue weighted by Gasteiger charge is 2.24. The van der Waals surface area contributed by atoms with Crippen LogP contribution in [-0.4, -0.2) is 46.2 Å². The van der Waals surface area contributed by atoms with Gasteiger partial charge in [0.2, 0.25) is 5.91 Å². The van der Waals surface area contributed by atoms with E-state index in [1.54, 1.807) is 0 Å². The van der Waals surface area contributed by atoms with Crippen molar-refractivity contribution in [1.82, 2.24) is 20.6 Å². The molecule has 2 atom stereocenters. The molecule has 0 saturated carbocycles. The number of aliphatic hydroxyl groups is 1. The lowest BCUT2D eigenvalue weighted by Crippen LogP contribution is -2.53. The molecule has 0 unspecified atom stereocenters. The van der Waals surface area contributed by atoms with Crippen molar-refractivity contribution in [2.24, 2.45) is 0 Å². The molecule has 1 aliphatic heterocycles. The molecule has 21 heavy (non-hydrogen) atoms. The lowest BCUT2D eigenvalue weighted by atomic mass is 10.0. The first-order valence-electron chi connectivity index (χ1n) is 7.34. The molecule has 0 bridgehead atoms. The van der Waals surface area contributed by atoms with Crippen molar-refractivity contribution >= 4 is 16.9 Å². The Labute approximate surface area is 123 Å². The summed E-state index contributed by atoms with van der Waals surface area (Å²) in [6.07, 6.45) is 1.15. The number of carbonyl (C=O) groups excluding carboxylic acids is 1. The van der Waals surface area contributed by atoms with Crippen LogP contribution in [0.2, 0.25) is 0 Å². The van der Waals surface area contributed by atoms with E-state index in [0.29, 0.717) is 25.8 Å². The Kier molecular flexibility index (Phi) is 4.17. The maximum atomic E-state index is 12.0. The fourth-order valence-corrected chi connectivity index (χ4v) is 2.63. The number of fused-ring (bicyclic) bond motifs is 1. The van der Waals surface area contributed by atoms with E-state index in [4.69, 9.17) is 0 Å². The molecule has 1 fully saturated rings. The van der Waals surface area contributed by atoms with Gasteiger partial charge in [0.05, 0.1) is 23.2 Å². The van der Waals surface area contributed by atoms with Gasteiger partial charge in [-0.05, 0) is 25.1 Å². The third-order valence-corrected chi connectivity index (χ3v) is 3.82. The van der Waals surface area contributed by atoms with E-state index in [2.05, 4.69) is 20.6 Å². The zero-order valence-electron chi connectivity index (χ0n) is 11.8. The molecule has 6 heteroatoms. The molecule has 1 amide bonds. The summed E-state index contributed by atoms with van der Waals surface area (Å²) in [5.74, 6) is 0.761. The molecule has 4 N–H and O–H groups in total. The van der Waals surface area contributed by atoms with Crippen LogP contribution in [0.4, 0.5) is 0 Å². The van der Waals surface area contributed by atoms with Gasteiger partial charge in [0, 0.05) is 19.4 Å². The highest BCUT2D eigenvalue weighted by atomic mass is 16.3. The SMILES string of the molecule is O=C(CCc1nc2ccccc2[nH]1)N[C@H]1CNCC[C@H]1O. The van der Waals surface area contributed by atoms with Gasteiger partial charge in [-0.15, -0.1) is 0 Å². The Morgan fingerprint density at radius 3 is 3.10 bits per heavy atom. The minimum absolute atomic E-state index is 0.0526.